The van der Waals surface area contributed by atoms with Crippen molar-refractivity contribution in [3.63, 3.8) is 0 Å². The number of methoxy groups -OCH3 is 1. The van der Waals surface area contributed by atoms with E-state index in [1.54, 1.807) is 48.5 Å². The average molecular weight is 464 g/mol. The van der Waals surface area contributed by atoms with Gasteiger partial charge in [0.2, 0.25) is 0 Å². The molecule has 2 amide bonds. The number of hydrogen-bond acceptors (Lipinski definition) is 5. The Hall–Kier alpha value is -4.20. The number of nitrogens with zero attached hydrogens (tertiary/aromatic N) is 1. The maximum Gasteiger partial charge on any atom is 0.282 e. The van der Waals surface area contributed by atoms with Crippen LogP contribution in [0.3, 0.4) is 0 Å². The first-order chi connectivity index (χ1) is 16.4. The van der Waals surface area contributed by atoms with Crippen LogP contribution in [-0.2, 0) is 9.59 Å². The van der Waals surface area contributed by atoms with Crippen molar-refractivity contribution in [2.75, 3.05) is 23.9 Å². The third-order valence-electron chi connectivity index (χ3n) is 5.19. The molecule has 0 saturated carbocycles. The summed E-state index contributed by atoms with van der Waals surface area (Å²) in [6.07, 6.45) is 0.821. The van der Waals surface area contributed by atoms with Crippen molar-refractivity contribution in [1.82, 2.24) is 0 Å². The fraction of sp³-hybridized carbons (Fsp3) is 0.154. The fourth-order valence-electron chi connectivity index (χ4n) is 3.65. The van der Waals surface area contributed by atoms with Crippen LogP contribution in [0.4, 0.5) is 20.2 Å². The second-order valence-electron chi connectivity index (χ2n) is 7.49. The summed E-state index contributed by atoms with van der Waals surface area (Å²) in [6.45, 7) is 2.50. The fourth-order valence-corrected chi connectivity index (χ4v) is 3.65. The summed E-state index contributed by atoms with van der Waals surface area (Å²) in [5, 5.41) is 2.99. The molecule has 8 heteroatoms. The summed E-state index contributed by atoms with van der Waals surface area (Å²) in [5.41, 5.74) is 0.235. The van der Waals surface area contributed by atoms with Crippen LogP contribution in [0.1, 0.15) is 18.9 Å². The summed E-state index contributed by atoms with van der Waals surface area (Å²) in [6, 6.07) is 16.2. The summed E-state index contributed by atoms with van der Waals surface area (Å²) >= 11 is 0. The van der Waals surface area contributed by atoms with Crippen LogP contribution < -0.4 is 19.7 Å². The maximum atomic E-state index is 14.6. The zero-order valence-corrected chi connectivity index (χ0v) is 18.6. The van der Waals surface area contributed by atoms with Crippen molar-refractivity contribution in [2.24, 2.45) is 0 Å². The Bertz CT molecular complexity index is 1290. The maximum absolute atomic E-state index is 14.6. The molecule has 34 heavy (non-hydrogen) atoms. The molecule has 3 aromatic rings. The zero-order chi connectivity index (χ0) is 24.2. The van der Waals surface area contributed by atoms with E-state index < -0.39 is 29.1 Å². The van der Waals surface area contributed by atoms with E-state index in [0.717, 1.165) is 24.6 Å². The van der Waals surface area contributed by atoms with Crippen LogP contribution in [0, 0.1) is 11.6 Å². The van der Waals surface area contributed by atoms with E-state index in [1.807, 2.05) is 6.92 Å². The Morgan fingerprint density at radius 1 is 0.941 bits per heavy atom. The number of para-hydroxylation sites is 1. The highest BCUT2D eigenvalue weighted by Crippen LogP contribution is 2.38. The molecule has 0 radical (unpaired) electrons. The molecule has 1 heterocycles. The van der Waals surface area contributed by atoms with Gasteiger partial charge in [-0.25, -0.2) is 13.7 Å². The third-order valence-corrected chi connectivity index (χ3v) is 5.19. The van der Waals surface area contributed by atoms with Gasteiger partial charge in [-0.3, -0.25) is 9.59 Å². The monoisotopic (exact) mass is 464 g/mol. The Morgan fingerprint density at radius 3 is 2.50 bits per heavy atom. The van der Waals surface area contributed by atoms with E-state index in [-0.39, 0.29) is 11.3 Å². The second kappa shape index (κ2) is 9.74. The number of hydrogen-bond donors (Lipinski definition) is 1. The predicted molar refractivity (Wildman–Crippen MR) is 125 cm³/mol. The highest BCUT2D eigenvalue weighted by molar-refractivity contribution is 6.46. The first-order valence-corrected chi connectivity index (χ1v) is 10.7. The van der Waals surface area contributed by atoms with Crippen molar-refractivity contribution in [2.45, 2.75) is 13.3 Å². The van der Waals surface area contributed by atoms with Crippen molar-refractivity contribution in [3.05, 3.63) is 89.6 Å². The molecule has 174 valence electrons. The van der Waals surface area contributed by atoms with Crippen LogP contribution >= 0.6 is 0 Å². The molecule has 1 aliphatic rings. The Morgan fingerprint density at radius 2 is 1.74 bits per heavy atom. The number of amides is 2. The molecule has 0 atom stereocenters. The summed E-state index contributed by atoms with van der Waals surface area (Å²) in [7, 11) is 1.44. The number of carbonyl (C=O) groups is 2. The van der Waals surface area contributed by atoms with Gasteiger partial charge in [0.25, 0.3) is 11.8 Å². The molecule has 0 saturated heterocycles. The largest absolute Gasteiger partial charge is 0.496 e. The van der Waals surface area contributed by atoms with Crippen molar-refractivity contribution >= 4 is 28.8 Å². The van der Waals surface area contributed by atoms with Gasteiger partial charge in [0.05, 0.1) is 25.0 Å². The number of ether oxygens (including phenoxy) is 2. The van der Waals surface area contributed by atoms with Crippen molar-refractivity contribution in [3.8, 4) is 11.5 Å². The third kappa shape index (κ3) is 4.34. The average Bonchev–Trinajstić information content (AvgIpc) is 3.08. The van der Waals surface area contributed by atoms with Gasteiger partial charge in [-0.1, -0.05) is 31.2 Å². The van der Waals surface area contributed by atoms with Crippen LogP contribution in [0.2, 0.25) is 0 Å². The van der Waals surface area contributed by atoms with Gasteiger partial charge in [0.1, 0.15) is 28.8 Å². The van der Waals surface area contributed by atoms with Gasteiger partial charge in [-0.15, -0.1) is 0 Å². The number of benzene rings is 3. The minimum atomic E-state index is -0.904. The molecule has 1 N–H and O–H groups in total. The lowest BCUT2D eigenvalue weighted by molar-refractivity contribution is -0.120. The number of imide groups is 1. The van der Waals surface area contributed by atoms with Crippen LogP contribution in [0.25, 0.3) is 5.57 Å². The SMILES string of the molecule is CCCOc1cccc(NC2=C(c3ccccc3OC)C(=O)N(c3cc(F)ccc3F)C2=O)c1. The summed E-state index contributed by atoms with van der Waals surface area (Å²) in [5.74, 6) is -2.39. The smallest absolute Gasteiger partial charge is 0.282 e. The lowest BCUT2D eigenvalue weighted by atomic mass is 10.0. The first kappa shape index (κ1) is 23.0. The predicted octanol–water partition coefficient (Wildman–Crippen LogP) is 5.16. The van der Waals surface area contributed by atoms with E-state index in [4.69, 9.17) is 9.47 Å². The molecular formula is C26H22F2N2O4. The lowest BCUT2D eigenvalue weighted by Crippen LogP contribution is -2.33. The van der Waals surface area contributed by atoms with E-state index in [2.05, 4.69) is 5.32 Å². The molecule has 0 bridgehead atoms. The summed E-state index contributed by atoms with van der Waals surface area (Å²) in [4.78, 5) is 27.6. The van der Waals surface area contributed by atoms with Gasteiger partial charge in [0, 0.05) is 23.4 Å². The van der Waals surface area contributed by atoms with Gasteiger partial charge in [-0.2, -0.15) is 0 Å². The molecule has 6 nitrogen and oxygen atoms in total. The molecule has 4 rings (SSSR count). The van der Waals surface area contributed by atoms with Crippen LogP contribution in [-0.4, -0.2) is 25.5 Å². The zero-order valence-electron chi connectivity index (χ0n) is 18.6. The molecule has 1 aliphatic heterocycles. The molecule has 0 aromatic heterocycles. The van der Waals surface area contributed by atoms with E-state index in [9.17, 15) is 18.4 Å². The standard InChI is InChI=1S/C26H22F2N2O4/c1-3-13-34-18-8-6-7-17(15-18)29-24-23(19-9-4-5-10-22(19)33-2)25(31)30(26(24)32)21-14-16(27)11-12-20(21)28/h4-12,14-15,29H,3,13H2,1-2H3. The van der Waals surface area contributed by atoms with Gasteiger partial charge in [0.15, 0.2) is 0 Å². The lowest BCUT2D eigenvalue weighted by Gasteiger charge is -2.16. The molecule has 3 aromatic carbocycles. The molecule has 0 unspecified atom stereocenters. The van der Waals surface area contributed by atoms with Gasteiger partial charge < -0.3 is 14.8 Å². The Labute approximate surface area is 195 Å². The summed E-state index contributed by atoms with van der Waals surface area (Å²) < 4.78 is 39.5. The Kier molecular flexibility index (Phi) is 6.58. The number of halogens is 2. The minimum absolute atomic E-state index is 0.0222. The number of rotatable bonds is 8. The first-order valence-electron chi connectivity index (χ1n) is 10.7. The van der Waals surface area contributed by atoms with E-state index in [1.165, 1.54) is 7.11 Å². The number of anilines is 2. The normalized spacial score (nSPS) is 13.5. The highest BCUT2D eigenvalue weighted by atomic mass is 19.1. The molecular weight excluding hydrogens is 442 g/mol. The van der Waals surface area contributed by atoms with Crippen molar-refractivity contribution in [1.29, 1.82) is 0 Å². The van der Waals surface area contributed by atoms with Gasteiger partial charge in [-0.05, 0) is 36.8 Å². The van der Waals surface area contributed by atoms with E-state index in [0.29, 0.717) is 34.3 Å². The molecule has 0 spiro atoms. The van der Waals surface area contributed by atoms with E-state index >= 15 is 0 Å². The number of carbonyl (C=O) groups excluding carboxylic acids is 2. The van der Waals surface area contributed by atoms with Gasteiger partial charge >= 0.3 is 0 Å². The quantitative estimate of drug-likeness (QED) is 0.467. The topological polar surface area (TPSA) is 67.9 Å². The van der Waals surface area contributed by atoms with Crippen LogP contribution in [0.5, 0.6) is 11.5 Å². The van der Waals surface area contributed by atoms with Crippen LogP contribution in [0.15, 0.2) is 72.4 Å². The number of nitrogens with one attached hydrogen (secondary N) is 1. The Balaban J connectivity index is 1.83. The van der Waals surface area contributed by atoms with Crippen molar-refractivity contribution < 1.29 is 27.8 Å². The molecule has 0 fully saturated rings. The second-order valence-corrected chi connectivity index (χ2v) is 7.49. The minimum Gasteiger partial charge on any atom is -0.496 e. The highest BCUT2D eigenvalue weighted by Gasteiger charge is 2.42. The molecule has 0 aliphatic carbocycles.